The smallest absolute Gasteiger partial charge is 0.322 e. The van der Waals surface area contributed by atoms with Crippen molar-refractivity contribution in [1.29, 1.82) is 0 Å². The number of carbonyl (C=O) groups excluding carboxylic acids is 1. The zero-order valence-corrected chi connectivity index (χ0v) is 15.0. The van der Waals surface area contributed by atoms with Crippen molar-refractivity contribution in [3.63, 3.8) is 0 Å². The molecule has 8 heteroatoms. The summed E-state index contributed by atoms with van der Waals surface area (Å²) in [7, 11) is 0. The Kier molecular flexibility index (Phi) is 4.26. The zero-order valence-electron chi connectivity index (χ0n) is 12.9. The number of amides is 1. The van der Waals surface area contributed by atoms with Crippen LogP contribution >= 0.6 is 22.6 Å². The van der Waals surface area contributed by atoms with E-state index in [4.69, 9.17) is 13.9 Å². The summed E-state index contributed by atoms with van der Waals surface area (Å²) in [5.41, 5.74) is 1.50. The van der Waals surface area contributed by atoms with Gasteiger partial charge in [-0.2, -0.15) is 0 Å². The molecule has 0 atom stereocenters. The van der Waals surface area contributed by atoms with Crippen LogP contribution in [-0.2, 0) is 6.42 Å². The van der Waals surface area contributed by atoms with Crippen molar-refractivity contribution in [1.82, 2.24) is 10.2 Å². The second-order valence-corrected chi connectivity index (χ2v) is 6.46. The summed E-state index contributed by atoms with van der Waals surface area (Å²) < 4.78 is 17.0. The molecule has 1 amide bonds. The minimum atomic E-state index is -0.289. The second-order valence-electron chi connectivity index (χ2n) is 5.30. The van der Waals surface area contributed by atoms with Gasteiger partial charge in [0.05, 0.1) is 12.0 Å². The van der Waals surface area contributed by atoms with Crippen LogP contribution in [0.25, 0.3) is 0 Å². The van der Waals surface area contributed by atoms with Gasteiger partial charge < -0.3 is 13.9 Å². The number of anilines is 1. The lowest BCUT2D eigenvalue weighted by atomic mass is 10.1. The monoisotopic (exact) mass is 449 g/mol. The molecule has 0 saturated carbocycles. The molecule has 0 spiro atoms. The highest BCUT2D eigenvalue weighted by atomic mass is 127. The van der Waals surface area contributed by atoms with Crippen LogP contribution in [0.2, 0.25) is 0 Å². The Morgan fingerprint density at radius 3 is 2.84 bits per heavy atom. The minimum Gasteiger partial charge on any atom is -0.454 e. The fourth-order valence-corrected chi connectivity index (χ4v) is 3.04. The lowest BCUT2D eigenvalue weighted by Gasteiger charge is -2.02. The highest BCUT2D eigenvalue weighted by molar-refractivity contribution is 14.1. The molecule has 0 aliphatic carbocycles. The van der Waals surface area contributed by atoms with Crippen LogP contribution in [0.4, 0.5) is 6.01 Å². The average molecular weight is 449 g/mol. The Morgan fingerprint density at radius 2 is 1.96 bits per heavy atom. The highest BCUT2D eigenvalue weighted by Crippen LogP contribution is 2.33. The molecule has 126 valence electrons. The topological polar surface area (TPSA) is 86.5 Å². The molecule has 4 rings (SSSR count). The molecule has 25 heavy (non-hydrogen) atoms. The Labute approximate surface area is 156 Å². The fraction of sp³-hybridized carbons (Fsp3) is 0.118. The normalized spacial score (nSPS) is 12.2. The molecule has 0 saturated heterocycles. The van der Waals surface area contributed by atoms with Crippen LogP contribution in [0.1, 0.15) is 21.8 Å². The molecular weight excluding hydrogens is 437 g/mol. The largest absolute Gasteiger partial charge is 0.454 e. The summed E-state index contributed by atoms with van der Waals surface area (Å²) in [5.74, 6) is 1.53. The number of rotatable bonds is 4. The molecule has 0 fully saturated rings. The summed E-state index contributed by atoms with van der Waals surface area (Å²) in [6.45, 7) is 0.230. The average Bonchev–Trinajstić information content (AvgIpc) is 3.24. The van der Waals surface area contributed by atoms with Gasteiger partial charge in [0.1, 0.15) is 0 Å². The van der Waals surface area contributed by atoms with Gasteiger partial charge in [-0.1, -0.05) is 23.3 Å². The van der Waals surface area contributed by atoms with Gasteiger partial charge in [-0.3, -0.25) is 10.1 Å². The van der Waals surface area contributed by atoms with Gasteiger partial charge in [0.15, 0.2) is 11.5 Å². The van der Waals surface area contributed by atoms with E-state index in [-0.39, 0.29) is 18.7 Å². The maximum atomic E-state index is 12.3. The first kappa shape index (κ1) is 15.9. The van der Waals surface area contributed by atoms with E-state index in [0.717, 1.165) is 14.9 Å². The van der Waals surface area contributed by atoms with Crippen LogP contribution in [0.3, 0.4) is 0 Å². The number of ether oxygens (including phenoxy) is 2. The number of aromatic nitrogens is 2. The predicted molar refractivity (Wildman–Crippen MR) is 96.8 cm³/mol. The minimum absolute atomic E-state index is 0.0698. The van der Waals surface area contributed by atoms with Gasteiger partial charge in [-0.05, 0) is 52.4 Å². The first-order valence-electron chi connectivity index (χ1n) is 7.46. The maximum absolute atomic E-state index is 12.3. The summed E-state index contributed by atoms with van der Waals surface area (Å²) in [6.07, 6.45) is 0.433. The lowest BCUT2D eigenvalue weighted by Crippen LogP contribution is -2.13. The lowest BCUT2D eigenvalue weighted by molar-refractivity contribution is 0.102. The number of carbonyl (C=O) groups is 1. The SMILES string of the molecule is O=C(Nc1nnc(Cc2ccc3c(c2)OCO3)o1)c1ccccc1I. The standard InChI is InChI=1S/C17H12IN3O4/c18-12-4-2-1-3-11(12)16(22)19-17-21-20-15(25-17)8-10-5-6-13-14(7-10)24-9-23-13/h1-7H,8-9H2,(H,19,21,22). The first-order valence-corrected chi connectivity index (χ1v) is 8.54. The number of hydrogen-bond donors (Lipinski definition) is 1. The molecule has 2 aromatic carbocycles. The van der Waals surface area contributed by atoms with Gasteiger partial charge in [-0.25, -0.2) is 0 Å². The molecule has 3 aromatic rings. The van der Waals surface area contributed by atoms with Gasteiger partial charge in [0, 0.05) is 3.57 Å². The second kappa shape index (κ2) is 6.71. The third-order valence-corrected chi connectivity index (χ3v) is 4.54. The quantitative estimate of drug-likeness (QED) is 0.616. The van der Waals surface area contributed by atoms with Crippen molar-refractivity contribution < 1.29 is 18.7 Å². The van der Waals surface area contributed by atoms with Gasteiger partial charge in [-0.15, -0.1) is 5.10 Å². The van der Waals surface area contributed by atoms with Crippen LogP contribution in [-0.4, -0.2) is 22.9 Å². The van der Waals surface area contributed by atoms with Gasteiger partial charge in [0.25, 0.3) is 5.91 Å². The van der Waals surface area contributed by atoms with Crippen molar-refractivity contribution >= 4 is 34.5 Å². The summed E-state index contributed by atoms with van der Waals surface area (Å²) in [5, 5.41) is 10.5. The van der Waals surface area contributed by atoms with E-state index >= 15 is 0 Å². The van der Waals surface area contributed by atoms with E-state index in [9.17, 15) is 4.79 Å². The van der Waals surface area contributed by atoms with E-state index in [1.165, 1.54) is 0 Å². The van der Waals surface area contributed by atoms with Crippen molar-refractivity contribution in [2.45, 2.75) is 6.42 Å². The molecule has 0 radical (unpaired) electrons. The van der Waals surface area contributed by atoms with E-state index in [1.54, 1.807) is 12.1 Å². The summed E-state index contributed by atoms with van der Waals surface area (Å²) >= 11 is 2.10. The third kappa shape index (κ3) is 3.43. The number of nitrogens with zero attached hydrogens (tertiary/aromatic N) is 2. The van der Waals surface area contributed by atoms with Crippen LogP contribution in [0.5, 0.6) is 11.5 Å². The number of fused-ring (bicyclic) bond motifs is 1. The summed E-state index contributed by atoms with van der Waals surface area (Å²) in [4.78, 5) is 12.3. The van der Waals surface area contributed by atoms with Crippen LogP contribution in [0, 0.1) is 3.57 Å². The van der Waals surface area contributed by atoms with E-state index in [2.05, 4.69) is 38.1 Å². The number of nitrogens with one attached hydrogen (secondary N) is 1. The predicted octanol–water partition coefficient (Wildman–Crippen LogP) is 3.25. The summed E-state index contributed by atoms with van der Waals surface area (Å²) in [6, 6.07) is 13.0. The molecular formula is C17H12IN3O4. The molecule has 0 unspecified atom stereocenters. The zero-order chi connectivity index (χ0) is 17.2. The highest BCUT2D eigenvalue weighted by Gasteiger charge is 2.16. The fourth-order valence-electron chi connectivity index (χ4n) is 2.41. The maximum Gasteiger partial charge on any atom is 0.322 e. The Bertz CT molecular complexity index is 941. The molecule has 7 nitrogen and oxygen atoms in total. The third-order valence-electron chi connectivity index (χ3n) is 3.60. The molecule has 1 aliphatic rings. The van der Waals surface area contributed by atoms with Crippen molar-refractivity contribution in [2.75, 3.05) is 12.1 Å². The van der Waals surface area contributed by atoms with E-state index < -0.39 is 0 Å². The number of benzene rings is 2. The molecule has 0 bridgehead atoms. The van der Waals surface area contributed by atoms with Crippen LogP contribution < -0.4 is 14.8 Å². The Morgan fingerprint density at radius 1 is 1.12 bits per heavy atom. The Balaban J connectivity index is 1.45. The number of halogens is 1. The molecule has 1 N–H and O–H groups in total. The van der Waals surface area contributed by atoms with E-state index in [1.807, 2.05) is 30.3 Å². The molecule has 2 heterocycles. The van der Waals surface area contributed by atoms with Crippen molar-refractivity contribution in [3.8, 4) is 11.5 Å². The molecule has 1 aliphatic heterocycles. The first-order chi connectivity index (χ1) is 12.2. The van der Waals surface area contributed by atoms with Crippen LogP contribution in [0.15, 0.2) is 46.9 Å². The van der Waals surface area contributed by atoms with Gasteiger partial charge >= 0.3 is 6.01 Å². The van der Waals surface area contributed by atoms with Crippen molar-refractivity contribution in [3.05, 3.63) is 63.1 Å². The van der Waals surface area contributed by atoms with E-state index in [0.29, 0.717) is 23.6 Å². The Hall–Kier alpha value is -2.62. The van der Waals surface area contributed by atoms with Crippen molar-refractivity contribution in [2.24, 2.45) is 0 Å². The van der Waals surface area contributed by atoms with Gasteiger partial charge in [0.2, 0.25) is 12.7 Å². The molecule has 1 aromatic heterocycles. The number of hydrogen-bond acceptors (Lipinski definition) is 6.